The molecule has 126 valence electrons. The molecule has 0 aliphatic heterocycles. The van der Waals surface area contributed by atoms with Crippen LogP contribution in [0.25, 0.3) is 0 Å². The van der Waals surface area contributed by atoms with E-state index in [9.17, 15) is 19.2 Å². The van der Waals surface area contributed by atoms with Crippen molar-refractivity contribution < 1.29 is 29.4 Å². The molecule has 0 bridgehead atoms. The maximum Gasteiger partial charge on any atom is 0.332 e. The highest BCUT2D eigenvalue weighted by atomic mass is 33.1. The first-order chi connectivity index (χ1) is 10.1. The molecular formula is C10H18N4O6S2. The third-order valence-corrected chi connectivity index (χ3v) is 5.31. The van der Waals surface area contributed by atoms with Gasteiger partial charge in [-0.3, -0.25) is 9.59 Å². The summed E-state index contributed by atoms with van der Waals surface area (Å²) in [6.07, 6.45) is 0. The summed E-state index contributed by atoms with van der Waals surface area (Å²) < 4.78 is 0. The summed E-state index contributed by atoms with van der Waals surface area (Å²) in [7, 11) is 1.60. The Morgan fingerprint density at radius 3 is 1.23 bits per heavy atom. The predicted octanol–water partition coefficient (Wildman–Crippen LogP) is -3.01. The standard InChI is InChI=1S/C10H18N4O6S2/c11-1-5(15)9(13,7(17)18)3-21-22-4-10(14,8(19)20)6(16)2-12/h1-4,11-14H2,(H,17,18)(H,19,20)/t9-,10-/m1/s1. The van der Waals surface area contributed by atoms with E-state index in [0.717, 1.165) is 21.6 Å². The third-order valence-electron chi connectivity index (χ3n) is 2.79. The number of carboxylic acid groups (broad SMARTS) is 2. The second-order valence-electron chi connectivity index (χ2n) is 4.33. The highest BCUT2D eigenvalue weighted by molar-refractivity contribution is 8.76. The smallest absolute Gasteiger partial charge is 0.332 e. The molecule has 0 fully saturated rings. The molecule has 2 atom stereocenters. The molecule has 10 nitrogen and oxygen atoms in total. The molecule has 10 N–H and O–H groups in total. The van der Waals surface area contributed by atoms with Gasteiger partial charge in [-0.05, 0) is 0 Å². The average Bonchev–Trinajstić information content (AvgIpc) is 2.48. The van der Waals surface area contributed by atoms with Crippen molar-refractivity contribution >= 4 is 45.1 Å². The van der Waals surface area contributed by atoms with E-state index in [4.69, 9.17) is 33.1 Å². The number of rotatable bonds is 11. The quantitative estimate of drug-likeness (QED) is 0.124. The van der Waals surface area contributed by atoms with Gasteiger partial charge in [0.1, 0.15) is 0 Å². The molecule has 0 aliphatic rings. The maximum atomic E-state index is 11.5. The molecular weight excluding hydrogens is 336 g/mol. The number of carboxylic acids is 2. The third kappa shape index (κ3) is 4.66. The summed E-state index contributed by atoms with van der Waals surface area (Å²) in [6, 6.07) is 0. The summed E-state index contributed by atoms with van der Waals surface area (Å²) in [5.74, 6) is -5.57. The fraction of sp³-hybridized carbons (Fsp3) is 0.600. The van der Waals surface area contributed by atoms with Crippen LogP contribution in [0.1, 0.15) is 0 Å². The molecule has 0 aromatic carbocycles. The Bertz CT molecular complexity index is 434. The Morgan fingerprint density at radius 2 is 1.05 bits per heavy atom. The van der Waals surface area contributed by atoms with Crippen LogP contribution in [0.4, 0.5) is 0 Å². The number of carbonyl (C=O) groups is 4. The number of Topliss-reactive ketones (excluding diaryl/α,β-unsaturated/α-hetero) is 2. The largest absolute Gasteiger partial charge is 0.480 e. The maximum absolute atomic E-state index is 11.5. The van der Waals surface area contributed by atoms with Crippen LogP contribution in [-0.4, -0.2) is 69.4 Å². The van der Waals surface area contributed by atoms with Crippen LogP contribution in [0.5, 0.6) is 0 Å². The van der Waals surface area contributed by atoms with Gasteiger partial charge in [0.25, 0.3) is 0 Å². The van der Waals surface area contributed by atoms with Crippen LogP contribution in [0, 0.1) is 0 Å². The van der Waals surface area contributed by atoms with E-state index < -0.39 is 47.7 Å². The zero-order valence-electron chi connectivity index (χ0n) is 11.5. The van der Waals surface area contributed by atoms with E-state index in [2.05, 4.69) is 0 Å². The summed E-state index contributed by atoms with van der Waals surface area (Å²) in [5.41, 5.74) is 16.8. The average molecular weight is 354 g/mol. The SMILES string of the molecule is NCC(=O)[C@](N)(CSSC[C@](N)(C(=O)O)C(=O)CN)C(=O)O. The second kappa shape index (κ2) is 8.45. The van der Waals surface area contributed by atoms with Crippen molar-refractivity contribution in [3.63, 3.8) is 0 Å². The molecule has 0 radical (unpaired) electrons. The van der Waals surface area contributed by atoms with Crippen molar-refractivity contribution in [1.29, 1.82) is 0 Å². The summed E-state index contributed by atoms with van der Waals surface area (Å²) in [6.45, 7) is -1.09. The number of nitrogens with two attached hydrogens (primary N) is 4. The molecule has 0 saturated carbocycles. The lowest BCUT2D eigenvalue weighted by Gasteiger charge is -2.24. The fourth-order valence-electron chi connectivity index (χ4n) is 1.16. The Kier molecular flexibility index (Phi) is 8.00. The number of hydrogen-bond donors (Lipinski definition) is 6. The van der Waals surface area contributed by atoms with Crippen molar-refractivity contribution in [2.24, 2.45) is 22.9 Å². The summed E-state index contributed by atoms with van der Waals surface area (Å²) in [4.78, 5) is 45.1. The summed E-state index contributed by atoms with van der Waals surface area (Å²) >= 11 is 0. The Morgan fingerprint density at radius 1 is 0.773 bits per heavy atom. The van der Waals surface area contributed by atoms with Gasteiger partial charge in [0.2, 0.25) is 0 Å². The first kappa shape index (κ1) is 20.8. The molecule has 0 aromatic heterocycles. The number of hydrogen-bond acceptors (Lipinski definition) is 10. The van der Waals surface area contributed by atoms with Gasteiger partial charge in [-0.1, -0.05) is 21.6 Å². The monoisotopic (exact) mass is 354 g/mol. The molecule has 0 amide bonds. The topological polar surface area (TPSA) is 213 Å². The molecule has 0 heterocycles. The normalized spacial score (nSPS) is 16.4. The van der Waals surface area contributed by atoms with Crippen LogP contribution in [0.15, 0.2) is 0 Å². The van der Waals surface area contributed by atoms with E-state index in [1.807, 2.05) is 0 Å². The lowest BCUT2D eigenvalue weighted by Crippen LogP contribution is -2.59. The molecule has 22 heavy (non-hydrogen) atoms. The molecule has 0 aliphatic carbocycles. The minimum Gasteiger partial charge on any atom is -0.480 e. The molecule has 0 spiro atoms. The van der Waals surface area contributed by atoms with Gasteiger partial charge in [-0.15, -0.1) is 0 Å². The van der Waals surface area contributed by atoms with E-state index in [1.165, 1.54) is 0 Å². The van der Waals surface area contributed by atoms with Crippen LogP contribution < -0.4 is 22.9 Å². The minimum absolute atomic E-state index is 0.366. The van der Waals surface area contributed by atoms with E-state index >= 15 is 0 Å². The molecule has 0 unspecified atom stereocenters. The lowest BCUT2D eigenvalue weighted by molar-refractivity contribution is -0.148. The highest BCUT2D eigenvalue weighted by Gasteiger charge is 2.43. The van der Waals surface area contributed by atoms with Crippen molar-refractivity contribution in [2.75, 3.05) is 24.6 Å². The Labute approximate surface area is 133 Å². The zero-order chi connectivity index (χ0) is 17.6. The van der Waals surface area contributed by atoms with Crippen LogP contribution in [0.3, 0.4) is 0 Å². The molecule has 12 heteroatoms. The van der Waals surface area contributed by atoms with Gasteiger partial charge in [0.15, 0.2) is 22.6 Å². The van der Waals surface area contributed by atoms with E-state index in [0.29, 0.717) is 0 Å². The van der Waals surface area contributed by atoms with Gasteiger partial charge < -0.3 is 33.1 Å². The van der Waals surface area contributed by atoms with Crippen LogP contribution in [-0.2, 0) is 19.2 Å². The van der Waals surface area contributed by atoms with Gasteiger partial charge >= 0.3 is 11.9 Å². The second-order valence-corrected chi connectivity index (χ2v) is 6.79. The number of ketones is 2. The van der Waals surface area contributed by atoms with Crippen molar-refractivity contribution in [3.05, 3.63) is 0 Å². The Hall–Kier alpha value is -1.18. The van der Waals surface area contributed by atoms with E-state index in [1.54, 1.807) is 0 Å². The van der Waals surface area contributed by atoms with Gasteiger partial charge in [0, 0.05) is 11.5 Å². The van der Waals surface area contributed by atoms with Crippen molar-refractivity contribution in [3.8, 4) is 0 Å². The first-order valence-electron chi connectivity index (χ1n) is 5.82. The lowest BCUT2D eigenvalue weighted by atomic mass is 9.98. The van der Waals surface area contributed by atoms with Gasteiger partial charge in [-0.2, -0.15) is 0 Å². The van der Waals surface area contributed by atoms with E-state index in [-0.39, 0.29) is 11.5 Å². The minimum atomic E-state index is -2.19. The highest BCUT2D eigenvalue weighted by Crippen LogP contribution is 2.28. The number of aliphatic carboxylic acids is 2. The van der Waals surface area contributed by atoms with Crippen LogP contribution in [0.2, 0.25) is 0 Å². The fourth-order valence-corrected chi connectivity index (χ4v) is 3.88. The van der Waals surface area contributed by atoms with Crippen molar-refractivity contribution in [2.45, 2.75) is 11.1 Å². The first-order valence-corrected chi connectivity index (χ1v) is 8.30. The van der Waals surface area contributed by atoms with Gasteiger partial charge in [-0.25, -0.2) is 9.59 Å². The Balaban J connectivity index is 4.76. The zero-order valence-corrected chi connectivity index (χ0v) is 13.1. The number of carbonyl (C=O) groups excluding carboxylic acids is 2. The molecule has 0 aromatic rings. The van der Waals surface area contributed by atoms with Gasteiger partial charge in [0.05, 0.1) is 13.1 Å². The predicted molar refractivity (Wildman–Crippen MR) is 82.1 cm³/mol. The molecule has 0 saturated heterocycles. The molecule has 0 rings (SSSR count). The van der Waals surface area contributed by atoms with Crippen LogP contribution >= 0.6 is 21.6 Å². The summed E-state index contributed by atoms with van der Waals surface area (Å²) in [5, 5.41) is 18.0. The van der Waals surface area contributed by atoms with Crippen molar-refractivity contribution in [1.82, 2.24) is 0 Å².